The van der Waals surface area contributed by atoms with E-state index >= 15 is 0 Å². The number of carbonyl (C=O) groups is 1. The highest BCUT2D eigenvalue weighted by molar-refractivity contribution is 9.10. The van der Waals surface area contributed by atoms with E-state index in [2.05, 4.69) is 15.9 Å². The Kier molecular flexibility index (Phi) is 4.79. The van der Waals surface area contributed by atoms with Gasteiger partial charge in [-0.05, 0) is 34.1 Å². The normalized spacial score (nSPS) is 13.3. The van der Waals surface area contributed by atoms with Gasteiger partial charge < -0.3 is 10.2 Å². The molecule has 0 saturated carbocycles. The molecule has 0 fully saturated rings. The molecule has 0 heterocycles. The van der Waals surface area contributed by atoms with E-state index in [1.54, 1.807) is 0 Å². The monoisotopic (exact) mass is 341 g/mol. The number of sulfonamides is 1. The van der Waals surface area contributed by atoms with Crippen molar-refractivity contribution in [3.8, 4) is 0 Å². The van der Waals surface area contributed by atoms with Crippen LogP contribution in [0.3, 0.4) is 0 Å². The zero-order chi connectivity index (χ0) is 13.9. The van der Waals surface area contributed by atoms with Crippen LogP contribution in [0.5, 0.6) is 0 Å². The van der Waals surface area contributed by atoms with Crippen LogP contribution in [0.1, 0.15) is 0 Å². The van der Waals surface area contributed by atoms with Crippen LogP contribution < -0.4 is 4.72 Å². The number of aliphatic hydroxyl groups is 1. The largest absolute Gasteiger partial charge is 0.479 e. The van der Waals surface area contributed by atoms with Gasteiger partial charge in [0.05, 0.1) is 4.90 Å². The average molecular weight is 342 g/mol. The molecule has 1 aromatic carbocycles. The van der Waals surface area contributed by atoms with Crippen molar-refractivity contribution in [1.29, 1.82) is 0 Å². The summed E-state index contributed by atoms with van der Waals surface area (Å²) >= 11 is 2.88. The quantitative estimate of drug-likeness (QED) is 0.715. The van der Waals surface area contributed by atoms with E-state index < -0.39 is 34.5 Å². The number of aliphatic hydroxyl groups excluding tert-OH is 1. The minimum absolute atomic E-state index is 0.000171. The molecule has 6 nitrogen and oxygen atoms in total. The van der Waals surface area contributed by atoms with Crippen LogP contribution in [-0.4, -0.2) is 37.2 Å². The molecule has 1 rings (SSSR count). The van der Waals surface area contributed by atoms with Gasteiger partial charge in [0.15, 0.2) is 6.10 Å². The third kappa shape index (κ3) is 3.73. The summed E-state index contributed by atoms with van der Waals surface area (Å²) < 4.78 is 38.1. The van der Waals surface area contributed by atoms with Gasteiger partial charge in [0.2, 0.25) is 10.0 Å². The van der Waals surface area contributed by atoms with Crippen molar-refractivity contribution < 1.29 is 27.8 Å². The van der Waals surface area contributed by atoms with E-state index in [0.29, 0.717) is 0 Å². The second-order valence-electron chi connectivity index (χ2n) is 3.28. The highest BCUT2D eigenvalue weighted by Gasteiger charge is 2.21. The van der Waals surface area contributed by atoms with Crippen LogP contribution in [0, 0.1) is 5.82 Å². The Labute approximate surface area is 111 Å². The molecule has 0 saturated heterocycles. The van der Waals surface area contributed by atoms with Crippen LogP contribution in [0.25, 0.3) is 0 Å². The van der Waals surface area contributed by atoms with Crippen molar-refractivity contribution in [3.05, 3.63) is 28.5 Å². The molecular weight excluding hydrogens is 333 g/mol. The third-order valence-electron chi connectivity index (χ3n) is 1.94. The summed E-state index contributed by atoms with van der Waals surface area (Å²) in [5.41, 5.74) is 0. The molecular formula is C9H9BrFNO5S. The molecule has 0 radical (unpaired) electrons. The Balaban J connectivity index is 2.90. The Morgan fingerprint density at radius 2 is 2.11 bits per heavy atom. The minimum Gasteiger partial charge on any atom is -0.479 e. The Morgan fingerprint density at radius 1 is 1.50 bits per heavy atom. The maximum absolute atomic E-state index is 12.8. The number of rotatable bonds is 5. The second-order valence-corrected chi connectivity index (χ2v) is 5.87. The number of hydrogen-bond acceptors (Lipinski definition) is 4. The van der Waals surface area contributed by atoms with E-state index in [-0.39, 0.29) is 9.37 Å². The standard InChI is InChI=1S/C9H9BrFNO5S/c10-6-3-5(11)1-2-8(6)18(16,17)12-4-7(13)9(14)15/h1-3,7,12-13H,4H2,(H,14,15)/t7-/m0/s1. The summed E-state index contributed by atoms with van der Waals surface area (Å²) in [5.74, 6) is -2.16. The van der Waals surface area contributed by atoms with Crippen molar-refractivity contribution in [2.24, 2.45) is 0 Å². The summed E-state index contributed by atoms with van der Waals surface area (Å²) in [6, 6.07) is 2.93. The molecule has 0 aliphatic heterocycles. The van der Waals surface area contributed by atoms with E-state index in [4.69, 9.17) is 10.2 Å². The highest BCUT2D eigenvalue weighted by Crippen LogP contribution is 2.22. The van der Waals surface area contributed by atoms with Gasteiger partial charge in [0, 0.05) is 11.0 Å². The van der Waals surface area contributed by atoms with Crippen molar-refractivity contribution in [2.75, 3.05) is 6.54 Å². The topological polar surface area (TPSA) is 104 Å². The zero-order valence-electron chi connectivity index (χ0n) is 8.80. The Bertz CT molecular complexity index is 562. The van der Waals surface area contributed by atoms with Crippen molar-refractivity contribution >= 4 is 31.9 Å². The second kappa shape index (κ2) is 5.74. The van der Waals surface area contributed by atoms with E-state index in [0.717, 1.165) is 18.2 Å². The molecule has 18 heavy (non-hydrogen) atoms. The SMILES string of the molecule is O=C(O)[C@@H](O)CNS(=O)(=O)c1ccc(F)cc1Br. The summed E-state index contributed by atoms with van der Waals surface area (Å²) in [7, 11) is -4.02. The Hall–Kier alpha value is -1.03. The van der Waals surface area contributed by atoms with Crippen LogP contribution in [-0.2, 0) is 14.8 Å². The van der Waals surface area contributed by atoms with Crippen molar-refractivity contribution in [3.63, 3.8) is 0 Å². The van der Waals surface area contributed by atoms with Gasteiger partial charge in [-0.25, -0.2) is 22.3 Å². The molecule has 9 heteroatoms. The maximum atomic E-state index is 12.8. The van der Waals surface area contributed by atoms with Gasteiger partial charge in [-0.15, -0.1) is 0 Å². The lowest BCUT2D eigenvalue weighted by atomic mass is 10.3. The predicted octanol–water partition coefficient (Wildman–Crippen LogP) is 0.312. The van der Waals surface area contributed by atoms with Gasteiger partial charge in [0.1, 0.15) is 5.82 Å². The molecule has 0 spiro atoms. The fourth-order valence-electron chi connectivity index (χ4n) is 1.05. The fourth-order valence-corrected chi connectivity index (χ4v) is 3.13. The fraction of sp³-hybridized carbons (Fsp3) is 0.222. The molecule has 0 aliphatic rings. The first-order valence-corrected chi connectivity index (χ1v) is 6.87. The van der Waals surface area contributed by atoms with Crippen LogP contribution in [0.4, 0.5) is 4.39 Å². The molecule has 3 N–H and O–H groups in total. The third-order valence-corrected chi connectivity index (χ3v) is 4.34. The zero-order valence-corrected chi connectivity index (χ0v) is 11.2. The van der Waals surface area contributed by atoms with E-state index in [1.807, 2.05) is 4.72 Å². The molecule has 0 unspecified atom stereocenters. The van der Waals surface area contributed by atoms with Gasteiger partial charge in [0.25, 0.3) is 0 Å². The summed E-state index contributed by atoms with van der Waals surface area (Å²) in [6.45, 7) is -0.679. The van der Waals surface area contributed by atoms with E-state index in [9.17, 15) is 17.6 Å². The minimum atomic E-state index is -4.02. The number of aliphatic carboxylic acids is 1. The van der Waals surface area contributed by atoms with Crippen molar-refractivity contribution in [1.82, 2.24) is 4.72 Å². The number of hydrogen-bond donors (Lipinski definition) is 3. The predicted molar refractivity (Wildman–Crippen MR) is 62.9 cm³/mol. The molecule has 0 amide bonds. The maximum Gasteiger partial charge on any atom is 0.333 e. The Morgan fingerprint density at radius 3 is 2.61 bits per heavy atom. The summed E-state index contributed by atoms with van der Waals surface area (Å²) in [6.07, 6.45) is -1.85. The highest BCUT2D eigenvalue weighted by atomic mass is 79.9. The first-order valence-electron chi connectivity index (χ1n) is 4.59. The molecule has 0 aromatic heterocycles. The summed E-state index contributed by atoms with van der Waals surface area (Å²) in [5, 5.41) is 17.3. The lowest BCUT2D eigenvalue weighted by Crippen LogP contribution is -2.36. The van der Waals surface area contributed by atoms with E-state index in [1.165, 1.54) is 0 Å². The lowest BCUT2D eigenvalue weighted by molar-refractivity contribution is -0.146. The van der Waals surface area contributed by atoms with Gasteiger partial charge in [-0.1, -0.05) is 0 Å². The number of carboxylic acids is 1. The van der Waals surface area contributed by atoms with Crippen LogP contribution in [0.2, 0.25) is 0 Å². The molecule has 100 valence electrons. The number of benzene rings is 1. The molecule has 1 aromatic rings. The molecule has 1 atom stereocenters. The first kappa shape index (κ1) is 15.0. The summed E-state index contributed by atoms with van der Waals surface area (Å²) in [4.78, 5) is 10.1. The van der Waals surface area contributed by atoms with Crippen LogP contribution >= 0.6 is 15.9 Å². The van der Waals surface area contributed by atoms with Crippen LogP contribution in [0.15, 0.2) is 27.6 Å². The number of nitrogens with one attached hydrogen (secondary N) is 1. The lowest BCUT2D eigenvalue weighted by Gasteiger charge is -2.10. The van der Waals surface area contributed by atoms with Crippen molar-refractivity contribution in [2.45, 2.75) is 11.0 Å². The molecule has 0 bridgehead atoms. The van der Waals surface area contributed by atoms with Gasteiger partial charge >= 0.3 is 5.97 Å². The number of carboxylic acid groups (broad SMARTS) is 1. The smallest absolute Gasteiger partial charge is 0.333 e. The average Bonchev–Trinajstić information content (AvgIpc) is 2.25. The number of halogens is 2. The van der Waals surface area contributed by atoms with Gasteiger partial charge in [-0.2, -0.15) is 0 Å². The molecule has 0 aliphatic carbocycles. The van der Waals surface area contributed by atoms with Gasteiger partial charge in [-0.3, -0.25) is 0 Å². The first-order chi connectivity index (χ1) is 8.24.